The van der Waals surface area contributed by atoms with Crippen LogP contribution in [0.2, 0.25) is 0 Å². The number of ether oxygens (including phenoxy) is 1. The summed E-state index contributed by atoms with van der Waals surface area (Å²) in [5, 5.41) is 0. The minimum absolute atomic E-state index is 0.0969. The minimum Gasteiger partial charge on any atom is -0.497 e. The van der Waals surface area contributed by atoms with Gasteiger partial charge < -0.3 is 14.1 Å². The summed E-state index contributed by atoms with van der Waals surface area (Å²) in [4.78, 5) is 14.8. The topological polar surface area (TPSA) is 46.5 Å². The van der Waals surface area contributed by atoms with Gasteiger partial charge in [-0.15, -0.1) is 0 Å². The lowest BCUT2D eigenvalue weighted by Gasteiger charge is -2.05. The molecule has 1 N–H and O–H groups in total. The van der Waals surface area contributed by atoms with E-state index in [1.165, 1.54) is 0 Å². The zero-order valence-corrected chi connectivity index (χ0v) is 9.88. The monoisotopic (exact) mass is 240 g/mol. The largest absolute Gasteiger partial charge is 0.497 e. The summed E-state index contributed by atoms with van der Waals surface area (Å²) in [5.74, 6) is 0.765. The van der Waals surface area contributed by atoms with Crippen LogP contribution in [0.5, 0.6) is 5.75 Å². The molecule has 3 rings (SSSR count). The third kappa shape index (κ3) is 1.68. The average molecular weight is 240 g/mol. The van der Waals surface area contributed by atoms with Crippen LogP contribution in [-0.4, -0.2) is 16.5 Å². The molecule has 18 heavy (non-hydrogen) atoms. The molecule has 0 aliphatic carbocycles. The first-order chi connectivity index (χ1) is 8.78. The van der Waals surface area contributed by atoms with Gasteiger partial charge in [-0.3, -0.25) is 4.79 Å². The third-order valence-corrected chi connectivity index (χ3v) is 2.91. The predicted octanol–water partition coefficient (Wildman–Crippen LogP) is 2.30. The van der Waals surface area contributed by atoms with E-state index in [0.29, 0.717) is 5.52 Å². The van der Waals surface area contributed by atoms with Crippen molar-refractivity contribution in [1.82, 2.24) is 9.38 Å². The van der Waals surface area contributed by atoms with E-state index in [-0.39, 0.29) is 5.56 Å². The first kappa shape index (κ1) is 10.7. The fourth-order valence-electron chi connectivity index (χ4n) is 1.99. The van der Waals surface area contributed by atoms with Crippen molar-refractivity contribution in [3.05, 3.63) is 59.1 Å². The summed E-state index contributed by atoms with van der Waals surface area (Å²) in [5.41, 5.74) is 2.23. The number of methoxy groups -OCH3 is 1. The molecule has 2 aromatic heterocycles. The highest BCUT2D eigenvalue weighted by Gasteiger charge is 2.04. The molecule has 0 amide bonds. The molecule has 0 saturated carbocycles. The molecule has 0 bridgehead atoms. The van der Waals surface area contributed by atoms with Gasteiger partial charge in [0.2, 0.25) is 0 Å². The molecule has 3 aromatic rings. The Balaban J connectivity index is 2.21. The lowest BCUT2D eigenvalue weighted by molar-refractivity contribution is 0.415. The molecule has 1 aromatic carbocycles. The third-order valence-electron chi connectivity index (χ3n) is 2.91. The van der Waals surface area contributed by atoms with Crippen molar-refractivity contribution < 1.29 is 4.74 Å². The average Bonchev–Trinajstić information content (AvgIpc) is 2.87. The van der Waals surface area contributed by atoms with Gasteiger partial charge in [0, 0.05) is 18.0 Å². The second kappa shape index (κ2) is 4.07. The Morgan fingerprint density at radius 2 is 2.11 bits per heavy atom. The van der Waals surface area contributed by atoms with E-state index in [1.807, 2.05) is 47.1 Å². The Morgan fingerprint density at radius 1 is 1.22 bits per heavy atom. The van der Waals surface area contributed by atoms with E-state index in [0.717, 1.165) is 17.0 Å². The number of aromatic amines is 1. The van der Waals surface area contributed by atoms with Crippen molar-refractivity contribution >= 4 is 5.52 Å². The summed E-state index contributed by atoms with van der Waals surface area (Å²) in [6.07, 6.45) is 3.75. The number of fused-ring (bicyclic) bond motifs is 1. The summed E-state index contributed by atoms with van der Waals surface area (Å²) in [6, 6.07) is 11.2. The van der Waals surface area contributed by atoms with E-state index in [1.54, 1.807) is 13.2 Å². The van der Waals surface area contributed by atoms with Crippen LogP contribution in [0.3, 0.4) is 0 Å². The van der Waals surface area contributed by atoms with Crippen molar-refractivity contribution in [3.8, 4) is 17.0 Å². The Morgan fingerprint density at radius 3 is 2.94 bits per heavy atom. The first-order valence-electron chi connectivity index (χ1n) is 5.62. The molecule has 4 heteroatoms. The number of nitrogens with zero attached hydrogens (tertiary/aromatic N) is 1. The van der Waals surface area contributed by atoms with Crippen LogP contribution in [0.15, 0.2) is 53.6 Å². The highest BCUT2D eigenvalue weighted by atomic mass is 16.5. The predicted molar refractivity (Wildman–Crippen MR) is 70.0 cm³/mol. The van der Waals surface area contributed by atoms with Crippen LogP contribution in [0.4, 0.5) is 0 Å². The molecule has 90 valence electrons. The van der Waals surface area contributed by atoms with Gasteiger partial charge in [-0.2, -0.15) is 0 Å². The number of aromatic nitrogens is 2. The Kier molecular flexibility index (Phi) is 2.41. The van der Waals surface area contributed by atoms with Crippen LogP contribution in [0, 0.1) is 0 Å². The van der Waals surface area contributed by atoms with Gasteiger partial charge in [-0.05, 0) is 24.3 Å². The maximum Gasteiger partial charge on any atom is 0.272 e. The van der Waals surface area contributed by atoms with Crippen molar-refractivity contribution in [2.45, 2.75) is 0 Å². The van der Waals surface area contributed by atoms with Crippen molar-refractivity contribution in [1.29, 1.82) is 0 Å². The molecule has 0 aliphatic heterocycles. The number of rotatable bonds is 2. The van der Waals surface area contributed by atoms with E-state index in [2.05, 4.69) is 4.98 Å². The highest BCUT2D eigenvalue weighted by Crippen LogP contribution is 2.21. The van der Waals surface area contributed by atoms with Crippen LogP contribution in [0.25, 0.3) is 16.8 Å². The standard InChI is InChI=1S/C14H12N2O2/c1-18-11-5-2-4-10(8-11)12-9-16-7-3-6-13(16)14(17)15-12/h2-9H,1H3,(H,15,17). The molecule has 0 saturated heterocycles. The fraction of sp³-hybridized carbons (Fsp3) is 0.0714. The molecule has 0 spiro atoms. The lowest BCUT2D eigenvalue weighted by atomic mass is 10.1. The van der Waals surface area contributed by atoms with Gasteiger partial charge in [0.15, 0.2) is 0 Å². The van der Waals surface area contributed by atoms with Crippen molar-refractivity contribution in [2.75, 3.05) is 7.11 Å². The Bertz CT molecular complexity index is 756. The Labute approximate surface area is 103 Å². The normalized spacial score (nSPS) is 10.7. The van der Waals surface area contributed by atoms with Gasteiger partial charge in [0.25, 0.3) is 5.56 Å². The minimum atomic E-state index is -0.0969. The van der Waals surface area contributed by atoms with E-state index in [4.69, 9.17) is 4.74 Å². The van der Waals surface area contributed by atoms with Gasteiger partial charge in [0.05, 0.1) is 12.8 Å². The second-order valence-corrected chi connectivity index (χ2v) is 4.03. The van der Waals surface area contributed by atoms with Crippen molar-refractivity contribution in [2.24, 2.45) is 0 Å². The van der Waals surface area contributed by atoms with Gasteiger partial charge in [0.1, 0.15) is 11.3 Å². The van der Waals surface area contributed by atoms with Crippen molar-refractivity contribution in [3.63, 3.8) is 0 Å². The van der Waals surface area contributed by atoms with E-state index < -0.39 is 0 Å². The van der Waals surface area contributed by atoms with E-state index in [9.17, 15) is 4.79 Å². The quantitative estimate of drug-likeness (QED) is 0.747. The number of benzene rings is 1. The number of hydrogen-bond donors (Lipinski definition) is 1. The fourth-order valence-corrected chi connectivity index (χ4v) is 1.99. The Hall–Kier alpha value is -2.49. The number of H-pyrrole nitrogens is 1. The zero-order chi connectivity index (χ0) is 12.5. The summed E-state index contributed by atoms with van der Waals surface area (Å²) < 4.78 is 6.99. The van der Waals surface area contributed by atoms with Crippen LogP contribution >= 0.6 is 0 Å². The SMILES string of the molecule is COc1cccc(-c2cn3cccc3c(=O)[nH]2)c1. The van der Waals surface area contributed by atoms with Crippen LogP contribution in [-0.2, 0) is 0 Å². The lowest BCUT2D eigenvalue weighted by Crippen LogP contribution is -2.09. The maximum atomic E-state index is 11.9. The molecular weight excluding hydrogens is 228 g/mol. The summed E-state index contributed by atoms with van der Waals surface area (Å²) in [6.45, 7) is 0. The van der Waals surface area contributed by atoms with Gasteiger partial charge >= 0.3 is 0 Å². The summed E-state index contributed by atoms with van der Waals surface area (Å²) >= 11 is 0. The second-order valence-electron chi connectivity index (χ2n) is 4.03. The first-order valence-corrected chi connectivity index (χ1v) is 5.62. The maximum absolute atomic E-state index is 11.9. The molecule has 0 atom stereocenters. The molecule has 0 fully saturated rings. The zero-order valence-electron chi connectivity index (χ0n) is 9.88. The van der Waals surface area contributed by atoms with Crippen LogP contribution < -0.4 is 10.3 Å². The number of hydrogen-bond acceptors (Lipinski definition) is 2. The highest BCUT2D eigenvalue weighted by molar-refractivity contribution is 5.62. The van der Waals surface area contributed by atoms with E-state index >= 15 is 0 Å². The van der Waals surface area contributed by atoms with Crippen LogP contribution in [0.1, 0.15) is 0 Å². The molecule has 0 radical (unpaired) electrons. The smallest absolute Gasteiger partial charge is 0.272 e. The van der Waals surface area contributed by atoms with Gasteiger partial charge in [-0.25, -0.2) is 0 Å². The molecule has 4 nitrogen and oxygen atoms in total. The van der Waals surface area contributed by atoms with Gasteiger partial charge in [-0.1, -0.05) is 12.1 Å². The molecule has 0 unspecified atom stereocenters. The summed E-state index contributed by atoms with van der Waals surface area (Å²) in [7, 11) is 1.62. The molecule has 0 aliphatic rings. The number of nitrogens with one attached hydrogen (secondary N) is 1. The molecule has 2 heterocycles. The molecular formula is C14H12N2O2.